The molecule has 3 heteroatoms. The van der Waals surface area contributed by atoms with Crippen molar-refractivity contribution in [3.8, 4) is 0 Å². The van der Waals surface area contributed by atoms with Gasteiger partial charge in [0.25, 0.3) is 0 Å². The van der Waals surface area contributed by atoms with Crippen molar-refractivity contribution in [2.24, 2.45) is 0 Å². The summed E-state index contributed by atoms with van der Waals surface area (Å²) in [4.78, 5) is 6.91. The monoisotopic (exact) mass is 208 g/mol. The molecule has 1 aromatic rings. The molecule has 0 fully saturated rings. The summed E-state index contributed by atoms with van der Waals surface area (Å²) in [6, 6.07) is 4.85. The van der Waals surface area contributed by atoms with Crippen molar-refractivity contribution < 1.29 is 0 Å². The van der Waals surface area contributed by atoms with E-state index in [1.54, 1.807) is 0 Å². The Morgan fingerprint density at radius 3 is 3.14 bits per heavy atom. The second-order valence-electron chi connectivity index (χ2n) is 3.88. The van der Waals surface area contributed by atoms with E-state index in [0.717, 1.165) is 12.3 Å². The molecule has 1 aliphatic heterocycles. The first kappa shape index (κ1) is 9.99. The van der Waals surface area contributed by atoms with Gasteiger partial charge in [-0.15, -0.1) is 11.8 Å². The third-order valence-corrected chi connectivity index (χ3v) is 3.60. The Hall–Kier alpha value is -0.540. The molecule has 1 aromatic heterocycles. The molecule has 2 rings (SSSR count). The van der Waals surface area contributed by atoms with E-state index in [1.807, 2.05) is 24.0 Å². The summed E-state index contributed by atoms with van der Waals surface area (Å²) in [5.74, 6) is 1.15. The van der Waals surface area contributed by atoms with Crippen LogP contribution in [0.3, 0.4) is 0 Å². The molecule has 0 aliphatic carbocycles. The predicted molar refractivity (Wildman–Crippen MR) is 60.5 cm³/mol. The predicted octanol–water partition coefficient (Wildman–Crippen LogP) is 2.40. The lowest BCUT2D eigenvalue weighted by molar-refractivity contribution is 0.227. The number of nitrogens with zero attached hydrogens (tertiary/aromatic N) is 2. The van der Waals surface area contributed by atoms with E-state index in [1.165, 1.54) is 17.1 Å². The Balaban J connectivity index is 2.22. The summed E-state index contributed by atoms with van der Waals surface area (Å²) < 4.78 is 0. The first-order chi connectivity index (χ1) is 6.77. The lowest BCUT2D eigenvalue weighted by Gasteiger charge is -2.24. The second-order valence-corrected chi connectivity index (χ2v) is 4.96. The summed E-state index contributed by atoms with van der Waals surface area (Å²) in [5.41, 5.74) is 1.38. The maximum absolute atomic E-state index is 4.41. The quantitative estimate of drug-likeness (QED) is 0.705. The smallest absolute Gasteiger partial charge is 0.100 e. The fourth-order valence-corrected chi connectivity index (χ4v) is 2.65. The number of pyridine rings is 1. The Labute approximate surface area is 89.7 Å². The molecular formula is C11H16N2S. The van der Waals surface area contributed by atoms with Gasteiger partial charge in [0.2, 0.25) is 0 Å². The fraction of sp³-hybridized carbons (Fsp3) is 0.545. The van der Waals surface area contributed by atoms with Gasteiger partial charge in [0.05, 0.1) is 0 Å². The first-order valence-electron chi connectivity index (χ1n) is 5.08. The second kappa shape index (κ2) is 4.32. The highest BCUT2D eigenvalue weighted by Crippen LogP contribution is 2.25. The minimum absolute atomic E-state index is 0.627. The van der Waals surface area contributed by atoms with E-state index in [4.69, 9.17) is 0 Å². The summed E-state index contributed by atoms with van der Waals surface area (Å²) in [6.45, 7) is 6.73. The molecule has 76 valence electrons. The zero-order valence-electron chi connectivity index (χ0n) is 8.73. The SMILES string of the molecule is CC(C)N1CCSc2ncccc2C1. The summed E-state index contributed by atoms with van der Waals surface area (Å²) in [5, 5.41) is 1.22. The fourth-order valence-electron chi connectivity index (χ4n) is 1.67. The van der Waals surface area contributed by atoms with Crippen LogP contribution < -0.4 is 0 Å². The van der Waals surface area contributed by atoms with Crippen molar-refractivity contribution in [2.75, 3.05) is 12.3 Å². The van der Waals surface area contributed by atoms with Gasteiger partial charge in [0, 0.05) is 31.1 Å². The molecule has 14 heavy (non-hydrogen) atoms. The van der Waals surface area contributed by atoms with Gasteiger partial charge in [-0.1, -0.05) is 6.07 Å². The van der Waals surface area contributed by atoms with E-state index in [9.17, 15) is 0 Å². The van der Waals surface area contributed by atoms with Gasteiger partial charge in [-0.2, -0.15) is 0 Å². The van der Waals surface area contributed by atoms with Crippen LogP contribution in [-0.2, 0) is 6.54 Å². The van der Waals surface area contributed by atoms with Gasteiger partial charge >= 0.3 is 0 Å². The van der Waals surface area contributed by atoms with Crippen molar-refractivity contribution in [1.82, 2.24) is 9.88 Å². The molecule has 0 radical (unpaired) electrons. The summed E-state index contributed by atoms with van der Waals surface area (Å²) >= 11 is 1.88. The van der Waals surface area contributed by atoms with Gasteiger partial charge in [-0.3, -0.25) is 4.90 Å². The van der Waals surface area contributed by atoms with Crippen LogP contribution >= 0.6 is 11.8 Å². The highest BCUT2D eigenvalue weighted by Gasteiger charge is 2.16. The summed E-state index contributed by atoms with van der Waals surface area (Å²) in [7, 11) is 0. The Morgan fingerprint density at radius 2 is 2.36 bits per heavy atom. The molecule has 0 aromatic carbocycles. The Morgan fingerprint density at radius 1 is 1.50 bits per heavy atom. The van der Waals surface area contributed by atoms with Crippen LogP contribution in [0.25, 0.3) is 0 Å². The molecule has 0 amide bonds. The number of rotatable bonds is 1. The number of thioether (sulfide) groups is 1. The number of fused-ring (bicyclic) bond motifs is 1. The number of hydrogen-bond acceptors (Lipinski definition) is 3. The maximum Gasteiger partial charge on any atom is 0.100 e. The zero-order chi connectivity index (χ0) is 9.97. The third kappa shape index (κ3) is 2.10. The molecular weight excluding hydrogens is 192 g/mol. The minimum atomic E-state index is 0.627. The van der Waals surface area contributed by atoms with Gasteiger partial charge in [-0.05, 0) is 25.5 Å². The van der Waals surface area contributed by atoms with Crippen LogP contribution in [0.4, 0.5) is 0 Å². The Kier molecular flexibility index (Phi) is 3.08. The van der Waals surface area contributed by atoms with E-state index in [-0.39, 0.29) is 0 Å². The average molecular weight is 208 g/mol. The molecule has 0 N–H and O–H groups in total. The highest BCUT2D eigenvalue weighted by atomic mass is 32.2. The molecule has 0 spiro atoms. The average Bonchev–Trinajstić information content (AvgIpc) is 2.39. The topological polar surface area (TPSA) is 16.1 Å². The van der Waals surface area contributed by atoms with Gasteiger partial charge in [0.15, 0.2) is 0 Å². The first-order valence-corrected chi connectivity index (χ1v) is 6.06. The molecule has 0 saturated heterocycles. The summed E-state index contributed by atoms with van der Waals surface area (Å²) in [6.07, 6.45) is 1.89. The minimum Gasteiger partial charge on any atom is -0.296 e. The normalized spacial score (nSPS) is 17.9. The molecule has 1 aliphatic rings. The lowest BCUT2D eigenvalue weighted by Crippen LogP contribution is -2.31. The van der Waals surface area contributed by atoms with Crippen LogP contribution in [0.2, 0.25) is 0 Å². The number of hydrogen-bond donors (Lipinski definition) is 0. The molecule has 0 bridgehead atoms. The van der Waals surface area contributed by atoms with Gasteiger partial charge in [-0.25, -0.2) is 4.98 Å². The van der Waals surface area contributed by atoms with Gasteiger partial charge < -0.3 is 0 Å². The van der Waals surface area contributed by atoms with Crippen molar-refractivity contribution >= 4 is 11.8 Å². The molecule has 2 heterocycles. The van der Waals surface area contributed by atoms with Crippen molar-refractivity contribution in [3.63, 3.8) is 0 Å². The molecule has 2 nitrogen and oxygen atoms in total. The van der Waals surface area contributed by atoms with Crippen LogP contribution in [0.5, 0.6) is 0 Å². The zero-order valence-corrected chi connectivity index (χ0v) is 9.55. The largest absolute Gasteiger partial charge is 0.296 e. The molecule has 0 atom stereocenters. The lowest BCUT2D eigenvalue weighted by atomic mass is 10.2. The van der Waals surface area contributed by atoms with Crippen LogP contribution in [0.1, 0.15) is 19.4 Å². The standard InChI is InChI=1S/C11H16N2S/c1-9(2)13-6-7-14-11-10(8-13)4-3-5-12-11/h3-5,9H,6-8H2,1-2H3. The van der Waals surface area contributed by atoms with Crippen LogP contribution in [0.15, 0.2) is 23.4 Å². The van der Waals surface area contributed by atoms with Crippen molar-refractivity contribution in [1.29, 1.82) is 0 Å². The Bertz CT molecular complexity index is 312. The van der Waals surface area contributed by atoms with E-state index < -0.39 is 0 Å². The number of aromatic nitrogens is 1. The molecule has 0 saturated carbocycles. The van der Waals surface area contributed by atoms with E-state index in [0.29, 0.717) is 6.04 Å². The third-order valence-electron chi connectivity index (χ3n) is 2.57. The maximum atomic E-state index is 4.41. The van der Waals surface area contributed by atoms with Crippen molar-refractivity contribution in [3.05, 3.63) is 23.9 Å². The highest BCUT2D eigenvalue weighted by molar-refractivity contribution is 7.99. The van der Waals surface area contributed by atoms with E-state index >= 15 is 0 Å². The van der Waals surface area contributed by atoms with Crippen LogP contribution in [0, 0.1) is 0 Å². The van der Waals surface area contributed by atoms with E-state index in [2.05, 4.69) is 29.8 Å². The van der Waals surface area contributed by atoms with Crippen molar-refractivity contribution in [2.45, 2.75) is 31.5 Å². The molecule has 0 unspecified atom stereocenters. The van der Waals surface area contributed by atoms with Gasteiger partial charge in [0.1, 0.15) is 5.03 Å². The van der Waals surface area contributed by atoms with Crippen LogP contribution in [-0.4, -0.2) is 28.2 Å².